The van der Waals surface area contributed by atoms with Gasteiger partial charge in [0.1, 0.15) is 11.6 Å². The summed E-state index contributed by atoms with van der Waals surface area (Å²) in [6, 6.07) is 11.2. The molecule has 0 aliphatic carbocycles. The van der Waals surface area contributed by atoms with Crippen LogP contribution in [0.25, 0.3) is 6.08 Å². The molecule has 1 heterocycles. The molecule has 0 aromatic heterocycles. The number of carbonyl (C=O) groups excluding carboxylic acids is 1. The first-order valence-electron chi connectivity index (χ1n) is 6.85. The fourth-order valence-corrected chi connectivity index (χ4v) is 2.08. The number of carbonyl (C=O) groups is 1. The lowest BCUT2D eigenvalue weighted by Crippen LogP contribution is -2.05. The van der Waals surface area contributed by atoms with Gasteiger partial charge in [0.15, 0.2) is 5.70 Å². The second-order valence-electron chi connectivity index (χ2n) is 4.76. The minimum atomic E-state index is -2.99. The molecule has 0 N–H and O–H groups in total. The number of cyclic esters (lactones) is 1. The monoisotopic (exact) mass is 333 g/mol. The number of benzene rings is 2. The quantitative estimate of drug-likeness (QED) is 0.632. The molecule has 1 aliphatic heterocycles. The second kappa shape index (κ2) is 6.57. The van der Waals surface area contributed by atoms with Crippen molar-refractivity contribution in [3.63, 3.8) is 0 Å². The van der Waals surface area contributed by atoms with Gasteiger partial charge in [-0.3, -0.25) is 0 Å². The Bertz CT molecular complexity index is 829. The Morgan fingerprint density at radius 1 is 1.08 bits per heavy atom. The first kappa shape index (κ1) is 15.8. The molecule has 0 spiro atoms. The van der Waals surface area contributed by atoms with E-state index in [1.807, 2.05) is 0 Å². The Kier molecular flexibility index (Phi) is 4.33. The second-order valence-corrected chi connectivity index (χ2v) is 4.76. The Balaban J connectivity index is 1.93. The molecule has 0 saturated heterocycles. The molecule has 0 atom stereocenters. The number of ether oxygens (including phenoxy) is 2. The van der Waals surface area contributed by atoms with E-state index in [9.17, 15) is 18.0 Å². The average Bonchev–Trinajstić information content (AvgIpc) is 2.90. The van der Waals surface area contributed by atoms with Crippen LogP contribution in [-0.4, -0.2) is 18.5 Å². The Hall–Kier alpha value is -3.09. The van der Waals surface area contributed by atoms with Crippen LogP contribution < -0.4 is 4.74 Å². The van der Waals surface area contributed by atoms with Gasteiger partial charge in [0.05, 0.1) is 0 Å². The van der Waals surface area contributed by atoms with E-state index in [-0.39, 0.29) is 22.9 Å². The van der Waals surface area contributed by atoms with E-state index in [0.29, 0.717) is 5.56 Å². The minimum Gasteiger partial charge on any atom is -0.434 e. The standard InChI is InChI=1S/C17H10F3NO3/c18-12-7-5-10(6-8-12)15-21-13(16(22)24-15)9-11-3-1-2-4-14(11)23-17(19)20/h1-9,17H. The van der Waals surface area contributed by atoms with Crippen LogP contribution in [0.3, 0.4) is 0 Å². The number of rotatable bonds is 4. The first-order chi connectivity index (χ1) is 11.5. The van der Waals surface area contributed by atoms with Crippen LogP contribution in [0.2, 0.25) is 0 Å². The zero-order valence-corrected chi connectivity index (χ0v) is 12.1. The lowest BCUT2D eigenvalue weighted by molar-refractivity contribution is -0.129. The molecule has 0 unspecified atom stereocenters. The van der Waals surface area contributed by atoms with Crippen LogP contribution in [0.4, 0.5) is 13.2 Å². The van der Waals surface area contributed by atoms with Crippen molar-refractivity contribution in [3.8, 4) is 5.75 Å². The van der Waals surface area contributed by atoms with E-state index in [4.69, 9.17) is 4.74 Å². The fourth-order valence-electron chi connectivity index (χ4n) is 2.08. The van der Waals surface area contributed by atoms with Gasteiger partial charge in [0, 0.05) is 11.1 Å². The zero-order chi connectivity index (χ0) is 17.1. The van der Waals surface area contributed by atoms with Crippen molar-refractivity contribution in [2.75, 3.05) is 0 Å². The molecule has 0 bridgehead atoms. The number of hydrogen-bond acceptors (Lipinski definition) is 4. The zero-order valence-electron chi connectivity index (χ0n) is 12.1. The van der Waals surface area contributed by atoms with Crippen LogP contribution in [0, 0.1) is 5.82 Å². The number of hydrogen-bond donors (Lipinski definition) is 0. The van der Waals surface area contributed by atoms with E-state index < -0.39 is 18.4 Å². The largest absolute Gasteiger partial charge is 0.434 e. The number of aliphatic imine (C=N–C) groups is 1. The van der Waals surface area contributed by atoms with Crippen LogP contribution in [0.5, 0.6) is 5.75 Å². The van der Waals surface area contributed by atoms with Gasteiger partial charge in [0.2, 0.25) is 5.90 Å². The molecule has 7 heteroatoms. The number of para-hydroxylation sites is 1. The molecule has 2 aromatic rings. The van der Waals surface area contributed by atoms with Crippen LogP contribution in [-0.2, 0) is 9.53 Å². The van der Waals surface area contributed by atoms with Crippen LogP contribution in [0.15, 0.2) is 59.2 Å². The molecule has 2 aromatic carbocycles. The molecule has 122 valence electrons. The highest BCUT2D eigenvalue weighted by atomic mass is 19.3. The third-order valence-corrected chi connectivity index (χ3v) is 3.14. The maximum absolute atomic E-state index is 12.9. The predicted molar refractivity (Wildman–Crippen MR) is 80.1 cm³/mol. The number of nitrogens with zero attached hydrogens (tertiary/aromatic N) is 1. The summed E-state index contributed by atoms with van der Waals surface area (Å²) in [6.45, 7) is -2.99. The number of esters is 1. The fraction of sp³-hybridized carbons (Fsp3) is 0.0588. The molecule has 4 nitrogen and oxygen atoms in total. The van der Waals surface area contributed by atoms with Crippen molar-refractivity contribution in [2.45, 2.75) is 6.61 Å². The highest BCUT2D eigenvalue weighted by Crippen LogP contribution is 2.25. The smallest absolute Gasteiger partial charge is 0.387 e. The summed E-state index contributed by atoms with van der Waals surface area (Å²) < 4.78 is 47.2. The van der Waals surface area contributed by atoms with E-state index in [1.165, 1.54) is 48.5 Å². The van der Waals surface area contributed by atoms with Crippen molar-refractivity contribution >= 4 is 17.9 Å². The maximum atomic E-state index is 12.9. The highest BCUT2D eigenvalue weighted by molar-refractivity contribution is 6.12. The third kappa shape index (κ3) is 3.45. The van der Waals surface area contributed by atoms with Gasteiger partial charge in [0.25, 0.3) is 0 Å². The third-order valence-electron chi connectivity index (χ3n) is 3.14. The number of halogens is 3. The van der Waals surface area contributed by atoms with Crippen molar-refractivity contribution in [2.24, 2.45) is 4.99 Å². The van der Waals surface area contributed by atoms with Gasteiger partial charge in [-0.2, -0.15) is 8.78 Å². The molecule has 0 amide bonds. The summed E-state index contributed by atoms with van der Waals surface area (Å²) in [5.74, 6) is -1.24. The molecular weight excluding hydrogens is 323 g/mol. The van der Waals surface area contributed by atoms with E-state index in [2.05, 4.69) is 9.73 Å². The molecule has 24 heavy (non-hydrogen) atoms. The van der Waals surface area contributed by atoms with Crippen molar-refractivity contribution < 1.29 is 27.4 Å². The Morgan fingerprint density at radius 2 is 1.79 bits per heavy atom. The minimum absolute atomic E-state index is 0.0125. The van der Waals surface area contributed by atoms with Gasteiger partial charge in [-0.05, 0) is 36.4 Å². The first-order valence-corrected chi connectivity index (χ1v) is 6.85. The normalized spacial score (nSPS) is 15.6. The topological polar surface area (TPSA) is 47.9 Å². The predicted octanol–water partition coefficient (Wildman–Crippen LogP) is 3.77. The summed E-state index contributed by atoms with van der Waals surface area (Å²) >= 11 is 0. The Morgan fingerprint density at radius 3 is 2.50 bits per heavy atom. The van der Waals surface area contributed by atoms with Gasteiger partial charge in [-0.25, -0.2) is 14.2 Å². The molecule has 0 radical (unpaired) electrons. The van der Waals surface area contributed by atoms with E-state index >= 15 is 0 Å². The van der Waals surface area contributed by atoms with Crippen molar-refractivity contribution in [1.29, 1.82) is 0 Å². The summed E-state index contributed by atoms with van der Waals surface area (Å²) in [7, 11) is 0. The van der Waals surface area contributed by atoms with Crippen LogP contribution >= 0.6 is 0 Å². The SMILES string of the molecule is O=C1OC(c2ccc(F)cc2)=NC1=Cc1ccccc1OC(F)F. The van der Waals surface area contributed by atoms with Crippen LogP contribution in [0.1, 0.15) is 11.1 Å². The lowest BCUT2D eigenvalue weighted by atomic mass is 10.1. The summed E-state index contributed by atoms with van der Waals surface area (Å²) in [5.41, 5.74) is 0.610. The number of alkyl halides is 2. The Labute approximate surface area is 134 Å². The lowest BCUT2D eigenvalue weighted by Gasteiger charge is -2.07. The average molecular weight is 333 g/mol. The molecule has 0 fully saturated rings. The molecule has 0 saturated carbocycles. The van der Waals surface area contributed by atoms with Gasteiger partial charge in [-0.15, -0.1) is 0 Å². The van der Waals surface area contributed by atoms with E-state index in [1.54, 1.807) is 6.07 Å². The summed E-state index contributed by atoms with van der Waals surface area (Å²) in [4.78, 5) is 15.9. The van der Waals surface area contributed by atoms with E-state index in [0.717, 1.165) is 0 Å². The van der Waals surface area contributed by atoms with Gasteiger partial charge in [-0.1, -0.05) is 18.2 Å². The highest BCUT2D eigenvalue weighted by Gasteiger charge is 2.24. The summed E-state index contributed by atoms with van der Waals surface area (Å²) in [6.07, 6.45) is 1.29. The van der Waals surface area contributed by atoms with Gasteiger partial charge < -0.3 is 9.47 Å². The molecular formula is C17H10F3NO3. The van der Waals surface area contributed by atoms with Crippen molar-refractivity contribution in [1.82, 2.24) is 0 Å². The summed E-state index contributed by atoms with van der Waals surface area (Å²) in [5, 5.41) is 0. The van der Waals surface area contributed by atoms with Crippen molar-refractivity contribution in [3.05, 3.63) is 71.2 Å². The molecule has 1 aliphatic rings. The van der Waals surface area contributed by atoms with Gasteiger partial charge >= 0.3 is 12.6 Å². The maximum Gasteiger partial charge on any atom is 0.387 e. The molecule has 3 rings (SSSR count).